The number of hydrogen-bond acceptors (Lipinski definition) is 5. The summed E-state index contributed by atoms with van der Waals surface area (Å²) in [6, 6.07) is 15.8. The van der Waals surface area contributed by atoms with Crippen molar-refractivity contribution in [1.29, 1.82) is 0 Å². The lowest BCUT2D eigenvalue weighted by molar-refractivity contribution is 0.0756. The number of carbonyl (C=O) groups is 1. The van der Waals surface area contributed by atoms with E-state index in [0.717, 1.165) is 18.5 Å². The van der Waals surface area contributed by atoms with E-state index in [0.29, 0.717) is 37.9 Å². The maximum Gasteiger partial charge on any atom is 0.257 e. The Labute approximate surface area is 162 Å². The normalized spacial score (nSPS) is 15.4. The van der Waals surface area contributed by atoms with Gasteiger partial charge in [0, 0.05) is 31.7 Å². The van der Waals surface area contributed by atoms with Gasteiger partial charge in [-0.05, 0) is 30.7 Å². The van der Waals surface area contributed by atoms with Gasteiger partial charge < -0.3 is 9.42 Å². The maximum absolute atomic E-state index is 13.9. The quantitative estimate of drug-likeness (QED) is 0.695. The molecule has 1 aromatic heterocycles. The molecule has 1 saturated heterocycles. The molecule has 2 heterocycles. The van der Waals surface area contributed by atoms with Gasteiger partial charge in [-0.3, -0.25) is 9.69 Å². The molecule has 0 N–H and O–H groups in total. The number of halogens is 1. The van der Waals surface area contributed by atoms with Gasteiger partial charge in [-0.15, -0.1) is 0 Å². The van der Waals surface area contributed by atoms with Gasteiger partial charge in [0.2, 0.25) is 0 Å². The Morgan fingerprint density at radius 1 is 1.00 bits per heavy atom. The van der Waals surface area contributed by atoms with Crippen molar-refractivity contribution in [3.8, 4) is 11.5 Å². The van der Waals surface area contributed by atoms with Gasteiger partial charge in [-0.1, -0.05) is 35.5 Å². The zero-order valence-electron chi connectivity index (χ0n) is 15.4. The number of carbonyl (C=O) groups excluding carboxylic acids is 1. The molecule has 1 aliphatic rings. The highest BCUT2D eigenvalue weighted by molar-refractivity contribution is 5.94. The largest absolute Gasteiger partial charge is 0.337 e. The maximum atomic E-state index is 13.9. The fourth-order valence-electron chi connectivity index (χ4n) is 3.35. The van der Waals surface area contributed by atoms with Gasteiger partial charge in [-0.2, -0.15) is 4.98 Å². The van der Waals surface area contributed by atoms with E-state index in [1.807, 2.05) is 30.3 Å². The molecule has 4 rings (SSSR count). The summed E-state index contributed by atoms with van der Waals surface area (Å²) < 4.78 is 19.3. The van der Waals surface area contributed by atoms with Crippen LogP contribution in [0.15, 0.2) is 59.1 Å². The summed E-state index contributed by atoms with van der Waals surface area (Å²) in [6.07, 6.45) is 0.809. The lowest BCUT2D eigenvalue weighted by Gasteiger charge is -2.21. The average molecular weight is 380 g/mol. The van der Waals surface area contributed by atoms with E-state index in [1.54, 1.807) is 17.0 Å². The molecule has 0 aliphatic carbocycles. The van der Waals surface area contributed by atoms with Crippen LogP contribution >= 0.6 is 0 Å². The first kappa shape index (κ1) is 18.3. The highest BCUT2D eigenvalue weighted by Gasteiger charge is 2.23. The Kier molecular flexibility index (Phi) is 5.43. The number of nitrogens with zero attached hydrogens (tertiary/aromatic N) is 4. The molecule has 1 fully saturated rings. The van der Waals surface area contributed by atoms with E-state index in [4.69, 9.17) is 4.52 Å². The molecule has 0 bridgehead atoms. The van der Waals surface area contributed by atoms with Crippen molar-refractivity contribution in [3.05, 3.63) is 71.8 Å². The van der Waals surface area contributed by atoms with Gasteiger partial charge in [-0.25, -0.2) is 4.39 Å². The van der Waals surface area contributed by atoms with Gasteiger partial charge in [0.05, 0.1) is 12.1 Å². The minimum atomic E-state index is -0.478. The number of aromatic nitrogens is 2. The summed E-state index contributed by atoms with van der Waals surface area (Å²) in [7, 11) is 0. The van der Waals surface area contributed by atoms with E-state index in [9.17, 15) is 9.18 Å². The van der Waals surface area contributed by atoms with Crippen molar-refractivity contribution in [2.45, 2.75) is 13.0 Å². The molecule has 6 nitrogen and oxygen atoms in total. The lowest BCUT2D eigenvalue weighted by atomic mass is 10.2. The van der Waals surface area contributed by atoms with E-state index in [1.165, 1.54) is 12.1 Å². The van der Waals surface area contributed by atoms with Crippen LogP contribution in [0.2, 0.25) is 0 Å². The zero-order chi connectivity index (χ0) is 19.3. The third kappa shape index (κ3) is 4.09. The molecular formula is C21H21FN4O2. The van der Waals surface area contributed by atoms with E-state index >= 15 is 0 Å². The van der Waals surface area contributed by atoms with E-state index < -0.39 is 5.82 Å². The highest BCUT2D eigenvalue weighted by Crippen LogP contribution is 2.18. The first-order chi connectivity index (χ1) is 13.7. The predicted molar refractivity (Wildman–Crippen MR) is 102 cm³/mol. The first-order valence-electron chi connectivity index (χ1n) is 9.35. The van der Waals surface area contributed by atoms with Crippen LogP contribution in [0.3, 0.4) is 0 Å². The second kappa shape index (κ2) is 8.31. The molecule has 0 unspecified atom stereocenters. The Hall–Kier alpha value is -3.06. The van der Waals surface area contributed by atoms with Gasteiger partial charge >= 0.3 is 0 Å². The summed E-state index contributed by atoms with van der Waals surface area (Å²) in [5.41, 5.74) is 1.01. The molecule has 144 valence electrons. The smallest absolute Gasteiger partial charge is 0.257 e. The summed E-state index contributed by atoms with van der Waals surface area (Å²) in [5.74, 6) is 0.384. The molecule has 2 aromatic carbocycles. The number of amides is 1. The molecule has 0 radical (unpaired) electrons. The van der Waals surface area contributed by atoms with Gasteiger partial charge in [0.15, 0.2) is 5.82 Å². The Balaban J connectivity index is 1.38. The van der Waals surface area contributed by atoms with Crippen LogP contribution in [0.4, 0.5) is 4.39 Å². The minimum absolute atomic E-state index is 0.127. The fraction of sp³-hybridized carbons (Fsp3) is 0.286. The van der Waals surface area contributed by atoms with Gasteiger partial charge in [0.25, 0.3) is 11.8 Å². The lowest BCUT2D eigenvalue weighted by Crippen LogP contribution is -2.35. The number of hydrogen-bond donors (Lipinski definition) is 0. The summed E-state index contributed by atoms with van der Waals surface area (Å²) >= 11 is 0. The third-order valence-corrected chi connectivity index (χ3v) is 4.83. The van der Waals surface area contributed by atoms with Crippen LogP contribution in [0.5, 0.6) is 0 Å². The molecule has 28 heavy (non-hydrogen) atoms. The zero-order valence-corrected chi connectivity index (χ0v) is 15.4. The number of benzene rings is 2. The van der Waals surface area contributed by atoms with Crippen molar-refractivity contribution >= 4 is 5.91 Å². The van der Waals surface area contributed by atoms with Crippen molar-refractivity contribution in [3.63, 3.8) is 0 Å². The van der Waals surface area contributed by atoms with E-state index in [-0.39, 0.29) is 11.5 Å². The van der Waals surface area contributed by atoms with Crippen molar-refractivity contribution in [2.75, 3.05) is 26.2 Å². The predicted octanol–water partition coefficient (Wildman–Crippen LogP) is 3.22. The summed E-state index contributed by atoms with van der Waals surface area (Å²) in [5, 5.41) is 4.07. The monoisotopic (exact) mass is 380 g/mol. The minimum Gasteiger partial charge on any atom is -0.337 e. The molecular weight excluding hydrogens is 359 g/mol. The average Bonchev–Trinajstić information content (AvgIpc) is 3.06. The van der Waals surface area contributed by atoms with Crippen LogP contribution in [-0.4, -0.2) is 52.0 Å². The second-order valence-electron chi connectivity index (χ2n) is 6.78. The Morgan fingerprint density at radius 3 is 2.61 bits per heavy atom. The SMILES string of the molecule is O=C(c1ccccc1F)N1CCCN(Cc2noc(-c3ccccc3)n2)CC1. The number of rotatable bonds is 4. The Morgan fingerprint density at radius 2 is 1.79 bits per heavy atom. The van der Waals surface area contributed by atoms with Crippen LogP contribution in [0.25, 0.3) is 11.5 Å². The summed E-state index contributed by atoms with van der Waals surface area (Å²) in [6.45, 7) is 3.19. The molecule has 7 heteroatoms. The van der Waals surface area contributed by atoms with Crippen LogP contribution in [0.1, 0.15) is 22.6 Å². The first-order valence-corrected chi connectivity index (χ1v) is 9.35. The molecule has 0 spiro atoms. The van der Waals surface area contributed by atoms with Crippen LogP contribution < -0.4 is 0 Å². The standard InChI is InChI=1S/C21H21FN4O2/c22-18-10-5-4-9-17(18)21(27)26-12-6-11-25(13-14-26)15-19-23-20(28-24-19)16-7-2-1-3-8-16/h1-5,7-10H,6,11-15H2. The van der Waals surface area contributed by atoms with Crippen molar-refractivity contribution < 1.29 is 13.7 Å². The molecule has 0 saturated carbocycles. The van der Waals surface area contributed by atoms with Crippen molar-refractivity contribution in [2.24, 2.45) is 0 Å². The third-order valence-electron chi connectivity index (χ3n) is 4.83. The molecule has 1 amide bonds. The Bertz CT molecular complexity index is 944. The fourth-order valence-corrected chi connectivity index (χ4v) is 3.35. The highest BCUT2D eigenvalue weighted by atomic mass is 19.1. The molecule has 1 aliphatic heterocycles. The van der Waals surface area contributed by atoms with E-state index in [2.05, 4.69) is 15.0 Å². The topological polar surface area (TPSA) is 62.5 Å². The molecule has 0 atom stereocenters. The van der Waals surface area contributed by atoms with Gasteiger partial charge in [0.1, 0.15) is 5.82 Å². The van der Waals surface area contributed by atoms with Crippen molar-refractivity contribution in [1.82, 2.24) is 19.9 Å². The van der Waals surface area contributed by atoms with Crippen LogP contribution in [-0.2, 0) is 6.54 Å². The molecule has 3 aromatic rings. The van der Waals surface area contributed by atoms with Crippen LogP contribution in [0, 0.1) is 5.82 Å². The second-order valence-corrected chi connectivity index (χ2v) is 6.78. The summed E-state index contributed by atoms with van der Waals surface area (Å²) in [4.78, 5) is 21.0.